The molecule has 0 unspecified atom stereocenters. The lowest BCUT2D eigenvalue weighted by Gasteiger charge is -2.34. The Kier molecular flexibility index (Phi) is 5.67. The molecule has 0 amide bonds. The molecule has 0 aliphatic heterocycles. The van der Waals surface area contributed by atoms with Gasteiger partial charge in [0.25, 0.3) is 0 Å². The van der Waals surface area contributed by atoms with Gasteiger partial charge in [-0.05, 0) is 47.2 Å². The Morgan fingerprint density at radius 3 is 1.42 bits per heavy atom. The van der Waals surface area contributed by atoms with Crippen LogP contribution < -0.4 is 0 Å². The Balaban J connectivity index is 0.000000281. The quantitative estimate of drug-likeness (QED) is 0.262. The Morgan fingerprint density at radius 1 is 0.394 bits per heavy atom. The fraction of sp³-hybridized carbons (Fsp3) is 0.0909. The molecule has 0 saturated heterocycles. The number of fused-ring (bicyclic) bond motifs is 3. The largest absolute Gasteiger partial charge is 0.0713 e. The summed E-state index contributed by atoms with van der Waals surface area (Å²) in [5.74, 6) is 0. The average Bonchev–Trinajstić information content (AvgIpc) is 3.16. The summed E-state index contributed by atoms with van der Waals surface area (Å²) in [7, 11) is 0. The van der Waals surface area contributed by atoms with E-state index in [-0.39, 0.29) is 5.41 Å². The van der Waals surface area contributed by atoms with Crippen molar-refractivity contribution in [1.82, 2.24) is 0 Å². The van der Waals surface area contributed by atoms with Crippen LogP contribution in [0.1, 0.15) is 33.4 Å². The Bertz CT molecular complexity index is 1310. The molecular weight excluding hydrogens is 396 g/mol. The third-order valence-corrected chi connectivity index (χ3v) is 6.55. The molecule has 0 bridgehead atoms. The number of rotatable bonds is 2. The van der Waals surface area contributed by atoms with Crippen LogP contribution in [0.4, 0.5) is 0 Å². The Hall–Kier alpha value is -3.90. The fourth-order valence-electron chi connectivity index (χ4n) is 5.09. The lowest BCUT2D eigenvalue weighted by Crippen LogP contribution is -2.28. The van der Waals surface area contributed by atoms with Gasteiger partial charge in [0.05, 0.1) is 5.41 Å². The topological polar surface area (TPSA) is 0 Å². The molecule has 0 aromatic heterocycles. The van der Waals surface area contributed by atoms with Crippen molar-refractivity contribution in [2.45, 2.75) is 19.3 Å². The highest BCUT2D eigenvalue weighted by Crippen LogP contribution is 2.56. The molecule has 0 atom stereocenters. The molecule has 6 rings (SSSR count). The van der Waals surface area contributed by atoms with E-state index in [4.69, 9.17) is 0 Å². The maximum atomic E-state index is 2.37. The van der Waals surface area contributed by atoms with Crippen LogP contribution in [0.3, 0.4) is 0 Å². The molecule has 1 aliphatic carbocycles. The second kappa shape index (κ2) is 8.92. The van der Waals surface area contributed by atoms with E-state index in [2.05, 4.69) is 129 Å². The maximum Gasteiger partial charge on any atom is 0.0713 e. The van der Waals surface area contributed by atoms with Gasteiger partial charge in [0.2, 0.25) is 0 Å². The number of benzene rings is 5. The molecule has 0 radical (unpaired) electrons. The van der Waals surface area contributed by atoms with E-state index in [9.17, 15) is 0 Å². The van der Waals surface area contributed by atoms with Crippen LogP contribution in [0.15, 0.2) is 133 Å². The summed E-state index contributed by atoms with van der Waals surface area (Å²) in [4.78, 5) is 0. The summed E-state index contributed by atoms with van der Waals surface area (Å²) < 4.78 is 0. The van der Waals surface area contributed by atoms with Gasteiger partial charge in [0.1, 0.15) is 0 Å². The van der Waals surface area contributed by atoms with Crippen LogP contribution in [0.2, 0.25) is 0 Å². The number of hydrogen-bond acceptors (Lipinski definition) is 0. The van der Waals surface area contributed by atoms with E-state index in [1.165, 1.54) is 44.5 Å². The molecule has 0 nitrogen and oxygen atoms in total. The minimum absolute atomic E-state index is 0.263. The molecule has 0 fully saturated rings. The first-order valence-corrected chi connectivity index (χ1v) is 11.5. The fourth-order valence-corrected chi connectivity index (χ4v) is 5.09. The summed E-state index contributed by atoms with van der Waals surface area (Å²) in [6, 6.07) is 47.9. The molecule has 1 aliphatic rings. The minimum Gasteiger partial charge on any atom is -0.0622 e. The molecular formula is C33H28. The standard InChI is InChI=1S/C26H20.C7H8/c1-19-16-17-23-22-14-8-9-15-24(22)26(25(23)18-19,20-10-4-2-5-11-20)21-12-6-3-7-13-21;1-7-5-3-2-4-6-7/h2-18H,1H3;2-6H,1H3. The van der Waals surface area contributed by atoms with E-state index in [1.807, 2.05) is 18.2 Å². The lowest BCUT2D eigenvalue weighted by molar-refractivity contribution is 0.767. The first kappa shape index (κ1) is 21.0. The van der Waals surface area contributed by atoms with Crippen LogP contribution >= 0.6 is 0 Å². The van der Waals surface area contributed by atoms with Crippen molar-refractivity contribution in [2.24, 2.45) is 0 Å². The summed E-state index contributed by atoms with van der Waals surface area (Å²) in [6.07, 6.45) is 0. The monoisotopic (exact) mass is 424 g/mol. The Labute approximate surface area is 197 Å². The Morgan fingerprint density at radius 2 is 0.879 bits per heavy atom. The van der Waals surface area contributed by atoms with Crippen molar-refractivity contribution in [2.75, 3.05) is 0 Å². The van der Waals surface area contributed by atoms with Crippen LogP contribution in [0.5, 0.6) is 0 Å². The first-order chi connectivity index (χ1) is 16.2. The molecule has 0 N–H and O–H groups in total. The van der Waals surface area contributed by atoms with Gasteiger partial charge >= 0.3 is 0 Å². The number of aryl methyl sites for hydroxylation is 2. The maximum absolute atomic E-state index is 2.37. The van der Waals surface area contributed by atoms with Crippen molar-refractivity contribution in [3.63, 3.8) is 0 Å². The lowest BCUT2D eigenvalue weighted by atomic mass is 9.67. The molecule has 33 heavy (non-hydrogen) atoms. The second-order valence-electron chi connectivity index (χ2n) is 8.73. The third kappa shape index (κ3) is 3.68. The van der Waals surface area contributed by atoms with E-state index >= 15 is 0 Å². The van der Waals surface area contributed by atoms with Gasteiger partial charge in [0.15, 0.2) is 0 Å². The highest BCUT2D eigenvalue weighted by molar-refractivity contribution is 5.86. The molecule has 160 valence electrons. The van der Waals surface area contributed by atoms with Gasteiger partial charge in [-0.3, -0.25) is 0 Å². The summed E-state index contributed by atoms with van der Waals surface area (Å²) in [5, 5.41) is 0. The smallest absolute Gasteiger partial charge is 0.0622 e. The van der Waals surface area contributed by atoms with Gasteiger partial charge in [0, 0.05) is 0 Å². The molecule has 5 aromatic rings. The van der Waals surface area contributed by atoms with E-state index in [1.54, 1.807) is 0 Å². The van der Waals surface area contributed by atoms with Crippen LogP contribution in [0, 0.1) is 13.8 Å². The van der Waals surface area contributed by atoms with Crippen LogP contribution in [0.25, 0.3) is 11.1 Å². The SMILES string of the molecule is Cc1ccc2c(c1)C(c1ccccc1)(c1ccccc1)c1ccccc1-2.Cc1ccccc1. The van der Waals surface area contributed by atoms with Gasteiger partial charge in [-0.1, -0.05) is 145 Å². The molecule has 0 spiro atoms. The average molecular weight is 425 g/mol. The van der Waals surface area contributed by atoms with Gasteiger partial charge in [-0.15, -0.1) is 0 Å². The number of hydrogen-bond donors (Lipinski definition) is 0. The summed E-state index contributed by atoms with van der Waals surface area (Å²) >= 11 is 0. The highest BCUT2D eigenvalue weighted by atomic mass is 14.5. The molecule has 5 aromatic carbocycles. The molecule has 0 heteroatoms. The third-order valence-electron chi connectivity index (χ3n) is 6.55. The summed E-state index contributed by atoms with van der Waals surface area (Å²) in [6.45, 7) is 4.27. The van der Waals surface area contributed by atoms with Crippen LogP contribution in [-0.4, -0.2) is 0 Å². The highest BCUT2D eigenvalue weighted by Gasteiger charge is 2.45. The van der Waals surface area contributed by atoms with E-state index in [0.29, 0.717) is 0 Å². The minimum atomic E-state index is -0.263. The zero-order valence-corrected chi connectivity index (χ0v) is 19.2. The predicted molar refractivity (Wildman–Crippen MR) is 140 cm³/mol. The van der Waals surface area contributed by atoms with E-state index < -0.39 is 0 Å². The molecule has 0 saturated carbocycles. The van der Waals surface area contributed by atoms with Crippen LogP contribution in [-0.2, 0) is 5.41 Å². The predicted octanol–water partition coefficient (Wildman–Crippen LogP) is 8.35. The first-order valence-electron chi connectivity index (χ1n) is 11.5. The second-order valence-corrected chi connectivity index (χ2v) is 8.73. The van der Waals surface area contributed by atoms with Crippen molar-refractivity contribution in [3.05, 3.63) is 167 Å². The van der Waals surface area contributed by atoms with Crippen molar-refractivity contribution in [3.8, 4) is 11.1 Å². The zero-order chi connectivity index (χ0) is 22.7. The van der Waals surface area contributed by atoms with Crippen molar-refractivity contribution in [1.29, 1.82) is 0 Å². The molecule has 0 heterocycles. The summed E-state index contributed by atoms with van der Waals surface area (Å²) in [5.41, 5.74) is 10.4. The van der Waals surface area contributed by atoms with Gasteiger partial charge < -0.3 is 0 Å². The van der Waals surface area contributed by atoms with Crippen molar-refractivity contribution < 1.29 is 0 Å². The normalized spacial score (nSPS) is 12.8. The van der Waals surface area contributed by atoms with Gasteiger partial charge in [-0.2, -0.15) is 0 Å². The van der Waals surface area contributed by atoms with Gasteiger partial charge in [-0.25, -0.2) is 0 Å². The van der Waals surface area contributed by atoms with E-state index in [0.717, 1.165) is 0 Å². The zero-order valence-electron chi connectivity index (χ0n) is 19.2. The van der Waals surface area contributed by atoms with Crippen molar-refractivity contribution >= 4 is 0 Å².